The minimum atomic E-state index is -0.408. The fraction of sp³-hybridized carbons (Fsp3) is 0.0909. The largest absolute Gasteiger partial charge is 0.373 e. The molecule has 0 unspecified atom stereocenters. The molecule has 0 radical (unpaired) electrons. The van der Waals surface area contributed by atoms with Crippen molar-refractivity contribution in [2.45, 2.75) is 0 Å². The second kappa shape index (κ2) is 4.55. The Morgan fingerprint density at radius 1 is 1.29 bits per heavy atom. The Kier molecular flexibility index (Phi) is 3.10. The van der Waals surface area contributed by atoms with Gasteiger partial charge in [0.25, 0.3) is 0 Å². The maximum absolute atomic E-state index is 13.6. The second-order valence-corrected chi connectivity index (χ2v) is 3.81. The summed E-state index contributed by atoms with van der Waals surface area (Å²) in [5.74, 6) is 0.188. The molecule has 88 valence electrons. The van der Waals surface area contributed by atoms with Gasteiger partial charge in [-0.05, 0) is 18.2 Å². The third-order valence-electron chi connectivity index (χ3n) is 2.20. The van der Waals surface area contributed by atoms with Crippen LogP contribution in [-0.4, -0.2) is 17.0 Å². The molecule has 17 heavy (non-hydrogen) atoms. The Bertz CT molecular complexity index is 559. The SMILES string of the molecule is CNc1cc(-c2cc(Cl)ccc2F)nc(N)n1. The number of benzene rings is 1. The van der Waals surface area contributed by atoms with Crippen molar-refractivity contribution < 1.29 is 4.39 Å². The van der Waals surface area contributed by atoms with E-state index in [9.17, 15) is 4.39 Å². The van der Waals surface area contributed by atoms with Crippen LogP contribution in [0.25, 0.3) is 11.3 Å². The summed E-state index contributed by atoms with van der Waals surface area (Å²) in [6, 6.07) is 5.86. The van der Waals surface area contributed by atoms with Crippen LogP contribution in [0, 0.1) is 5.82 Å². The van der Waals surface area contributed by atoms with Crippen molar-refractivity contribution in [1.29, 1.82) is 0 Å². The van der Waals surface area contributed by atoms with E-state index in [0.717, 1.165) is 0 Å². The van der Waals surface area contributed by atoms with E-state index in [2.05, 4.69) is 15.3 Å². The standard InChI is InChI=1S/C11H10ClFN4/c1-15-10-5-9(16-11(14)17-10)7-4-6(12)2-3-8(7)13/h2-5H,1H3,(H3,14,15,16,17). The normalized spacial score (nSPS) is 10.3. The lowest BCUT2D eigenvalue weighted by Gasteiger charge is -2.06. The maximum Gasteiger partial charge on any atom is 0.222 e. The molecule has 0 aliphatic carbocycles. The lowest BCUT2D eigenvalue weighted by Crippen LogP contribution is -2.01. The van der Waals surface area contributed by atoms with Crippen molar-refractivity contribution in [3.63, 3.8) is 0 Å². The molecule has 6 heteroatoms. The summed E-state index contributed by atoms with van der Waals surface area (Å²) < 4.78 is 13.6. The van der Waals surface area contributed by atoms with Crippen molar-refractivity contribution in [2.75, 3.05) is 18.1 Å². The van der Waals surface area contributed by atoms with Gasteiger partial charge in [0.05, 0.1) is 5.69 Å². The summed E-state index contributed by atoms with van der Waals surface area (Å²) in [4.78, 5) is 7.91. The predicted octanol–water partition coefficient (Wildman–Crippen LogP) is 2.56. The fourth-order valence-corrected chi connectivity index (χ4v) is 1.60. The number of hydrogen-bond acceptors (Lipinski definition) is 4. The minimum absolute atomic E-state index is 0.0752. The summed E-state index contributed by atoms with van der Waals surface area (Å²) in [6.07, 6.45) is 0. The van der Waals surface area contributed by atoms with E-state index in [4.69, 9.17) is 17.3 Å². The molecule has 1 aromatic heterocycles. The number of halogens is 2. The van der Waals surface area contributed by atoms with E-state index in [1.165, 1.54) is 18.2 Å². The first-order valence-electron chi connectivity index (χ1n) is 4.88. The van der Waals surface area contributed by atoms with E-state index in [1.807, 2.05) is 0 Å². The highest BCUT2D eigenvalue weighted by molar-refractivity contribution is 6.30. The van der Waals surface area contributed by atoms with Crippen LogP contribution in [0.4, 0.5) is 16.2 Å². The maximum atomic E-state index is 13.6. The molecule has 0 aliphatic rings. The Morgan fingerprint density at radius 3 is 2.76 bits per heavy atom. The number of anilines is 2. The number of hydrogen-bond donors (Lipinski definition) is 2. The van der Waals surface area contributed by atoms with E-state index >= 15 is 0 Å². The number of nitrogens with zero attached hydrogens (tertiary/aromatic N) is 2. The summed E-state index contributed by atoms with van der Waals surface area (Å²) in [5, 5.41) is 3.26. The topological polar surface area (TPSA) is 63.8 Å². The Hall–Kier alpha value is -1.88. The van der Waals surface area contributed by atoms with Crippen LogP contribution in [-0.2, 0) is 0 Å². The molecular weight excluding hydrogens is 243 g/mol. The van der Waals surface area contributed by atoms with Crippen molar-refractivity contribution in [3.8, 4) is 11.3 Å². The van der Waals surface area contributed by atoms with Crippen molar-refractivity contribution in [1.82, 2.24) is 9.97 Å². The van der Waals surface area contributed by atoms with Gasteiger partial charge in [-0.25, -0.2) is 9.37 Å². The molecule has 2 aromatic rings. The summed E-state index contributed by atoms with van der Waals surface area (Å²) in [5.41, 5.74) is 6.23. The van der Waals surface area contributed by atoms with Gasteiger partial charge in [-0.3, -0.25) is 0 Å². The van der Waals surface area contributed by atoms with E-state index in [0.29, 0.717) is 22.1 Å². The van der Waals surface area contributed by atoms with Crippen LogP contribution in [0.2, 0.25) is 5.02 Å². The Morgan fingerprint density at radius 2 is 2.06 bits per heavy atom. The molecule has 2 rings (SSSR count). The monoisotopic (exact) mass is 252 g/mol. The van der Waals surface area contributed by atoms with E-state index in [-0.39, 0.29) is 5.95 Å². The summed E-state index contributed by atoms with van der Waals surface area (Å²) in [7, 11) is 1.69. The molecule has 1 aromatic carbocycles. The van der Waals surface area contributed by atoms with Gasteiger partial charge in [-0.1, -0.05) is 11.6 Å². The van der Waals surface area contributed by atoms with Gasteiger partial charge in [-0.2, -0.15) is 4.98 Å². The van der Waals surface area contributed by atoms with Crippen LogP contribution in [0.5, 0.6) is 0 Å². The first-order valence-corrected chi connectivity index (χ1v) is 5.25. The lowest BCUT2D eigenvalue weighted by atomic mass is 10.1. The Labute approximate surface area is 103 Å². The molecular formula is C11H10ClFN4. The van der Waals surface area contributed by atoms with Crippen LogP contribution >= 0.6 is 11.6 Å². The van der Waals surface area contributed by atoms with Crippen molar-refractivity contribution in [2.24, 2.45) is 0 Å². The van der Waals surface area contributed by atoms with E-state index < -0.39 is 5.82 Å². The quantitative estimate of drug-likeness (QED) is 0.862. The molecule has 3 N–H and O–H groups in total. The number of aromatic nitrogens is 2. The zero-order valence-corrected chi connectivity index (χ0v) is 9.79. The second-order valence-electron chi connectivity index (χ2n) is 3.37. The third kappa shape index (κ3) is 2.45. The van der Waals surface area contributed by atoms with Gasteiger partial charge in [-0.15, -0.1) is 0 Å². The molecule has 0 aliphatic heterocycles. The predicted molar refractivity (Wildman–Crippen MR) is 66.4 cm³/mol. The average Bonchev–Trinajstić information content (AvgIpc) is 2.31. The highest BCUT2D eigenvalue weighted by atomic mass is 35.5. The van der Waals surface area contributed by atoms with E-state index in [1.54, 1.807) is 13.1 Å². The smallest absolute Gasteiger partial charge is 0.222 e. The van der Waals surface area contributed by atoms with Crippen LogP contribution in [0.3, 0.4) is 0 Å². The number of nitrogens with one attached hydrogen (secondary N) is 1. The molecule has 0 atom stereocenters. The Balaban J connectivity index is 2.59. The molecule has 0 spiro atoms. The molecule has 0 saturated heterocycles. The molecule has 0 saturated carbocycles. The van der Waals surface area contributed by atoms with Gasteiger partial charge in [0.15, 0.2) is 0 Å². The average molecular weight is 253 g/mol. The minimum Gasteiger partial charge on any atom is -0.373 e. The molecule has 0 fully saturated rings. The van der Waals surface area contributed by atoms with Gasteiger partial charge < -0.3 is 11.1 Å². The molecule has 0 bridgehead atoms. The first-order chi connectivity index (χ1) is 8.10. The van der Waals surface area contributed by atoms with Crippen LogP contribution in [0.15, 0.2) is 24.3 Å². The van der Waals surface area contributed by atoms with Gasteiger partial charge in [0, 0.05) is 23.7 Å². The number of nitrogen functional groups attached to an aromatic ring is 1. The summed E-state index contributed by atoms with van der Waals surface area (Å²) in [6.45, 7) is 0. The zero-order valence-electron chi connectivity index (χ0n) is 9.04. The molecule has 4 nitrogen and oxygen atoms in total. The molecule has 1 heterocycles. The number of nitrogens with two attached hydrogens (primary N) is 1. The van der Waals surface area contributed by atoms with Crippen LogP contribution in [0.1, 0.15) is 0 Å². The van der Waals surface area contributed by atoms with Crippen molar-refractivity contribution in [3.05, 3.63) is 35.1 Å². The highest BCUT2D eigenvalue weighted by Crippen LogP contribution is 2.26. The molecule has 0 amide bonds. The summed E-state index contributed by atoms with van der Waals surface area (Å²) >= 11 is 5.82. The number of rotatable bonds is 2. The van der Waals surface area contributed by atoms with Gasteiger partial charge in [0.2, 0.25) is 5.95 Å². The van der Waals surface area contributed by atoms with Gasteiger partial charge in [0.1, 0.15) is 11.6 Å². The first kappa shape index (κ1) is 11.6. The van der Waals surface area contributed by atoms with Crippen LogP contribution < -0.4 is 11.1 Å². The lowest BCUT2D eigenvalue weighted by molar-refractivity contribution is 0.631. The van der Waals surface area contributed by atoms with Gasteiger partial charge >= 0.3 is 0 Å². The van der Waals surface area contributed by atoms with Crippen molar-refractivity contribution >= 4 is 23.4 Å². The zero-order chi connectivity index (χ0) is 12.4. The highest BCUT2D eigenvalue weighted by Gasteiger charge is 2.09. The fourth-order valence-electron chi connectivity index (χ4n) is 1.43. The third-order valence-corrected chi connectivity index (χ3v) is 2.44.